The highest BCUT2D eigenvalue weighted by atomic mass is 16.5. The summed E-state index contributed by atoms with van der Waals surface area (Å²) in [7, 11) is 2.18. The molecule has 3 rings (SSSR count). The van der Waals surface area contributed by atoms with E-state index in [4.69, 9.17) is 4.74 Å². The molecule has 0 bridgehead atoms. The van der Waals surface area contributed by atoms with E-state index in [2.05, 4.69) is 35.5 Å². The summed E-state index contributed by atoms with van der Waals surface area (Å²) < 4.78 is 7.98. The fourth-order valence-electron chi connectivity index (χ4n) is 2.78. The molecule has 19 heavy (non-hydrogen) atoms. The van der Waals surface area contributed by atoms with Gasteiger partial charge in [-0.1, -0.05) is 0 Å². The average Bonchev–Trinajstić information content (AvgIpc) is 3.13. The molecule has 0 radical (unpaired) electrons. The molecule has 0 amide bonds. The van der Waals surface area contributed by atoms with E-state index in [1.165, 1.54) is 18.4 Å². The maximum absolute atomic E-state index is 6.00. The van der Waals surface area contributed by atoms with Gasteiger partial charge in [0.25, 0.3) is 0 Å². The van der Waals surface area contributed by atoms with Gasteiger partial charge in [0.2, 0.25) is 0 Å². The molecule has 2 aliphatic rings. The zero-order valence-corrected chi connectivity index (χ0v) is 11.9. The smallest absolute Gasteiger partial charge is 0.0897 e. The summed E-state index contributed by atoms with van der Waals surface area (Å²) >= 11 is 0. The van der Waals surface area contributed by atoms with E-state index in [0.29, 0.717) is 6.04 Å². The van der Waals surface area contributed by atoms with Crippen LogP contribution in [0.1, 0.15) is 31.4 Å². The van der Waals surface area contributed by atoms with Gasteiger partial charge in [-0.2, -0.15) is 5.10 Å². The molecule has 1 saturated carbocycles. The third-order valence-corrected chi connectivity index (χ3v) is 4.11. The van der Waals surface area contributed by atoms with Gasteiger partial charge in [0.15, 0.2) is 0 Å². The monoisotopic (exact) mass is 264 g/mol. The molecule has 1 saturated heterocycles. The third kappa shape index (κ3) is 2.99. The second kappa shape index (κ2) is 5.61. The van der Waals surface area contributed by atoms with Gasteiger partial charge in [-0.25, -0.2) is 0 Å². The van der Waals surface area contributed by atoms with Crippen LogP contribution in [0.3, 0.4) is 0 Å². The first kappa shape index (κ1) is 13.1. The van der Waals surface area contributed by atoms with Crippen molar-refractivity contribution in [2.45, 2.75) is 44.5 Å². The maximum atomic E-state index is 6.00. The Morgan fingerprint density at radius 1 is 1.47 bits per heavy atom. The van der Waals surface area contributed by atoms with E-state index in [-0.39, 0.29) is 6.10 Å². The minimum atomic E-state index is 0.230. The molecule has 0 spiro atoms. The normalized spacial score (nSPS) is 28.7. The molecule has 0 aromatic carbocycles. The Hall–Kier alpha value is -0.910. The van der Waals surface area contributed by atoms with Crippen molar-refractivity contribution in [3.05, 3.63) is 18.0 Å². The first-order valence-electron chi connectivity index (χ1n) is 7.35. The van der Waals surface area contributed by atoms with Crippen LogP contribution in [-0.4, -0.2) is 53.6 Å². The highest BCUT2D eigenvalue weighted by molar-refractivity contribution is 5.14. The van der Waals surface area contributed by atoms with Crippen LogP contribution < -0.4 is 5.32 Å². The molecule has 1 aromatic heterocycles. The second-order valence-corrected chi connectivity index (χ2v) is 5.65. The van der Waals surface area contributed by atoms with Crippen LogP contribution in [0.4, 0.5) is 0 Å². The molecule has 106 valence electrons. The van der Waals surface area contributed by atoms with Gasteiger partial charge in [0, 0.05) is 37.4 Å². The van der Waals surface area contributed by atoms with Gasteiger partial charge in [-0.3, -0.25) is 9.58 Å². The minimum absolute atomic E-state index is 0.230. The van der Waals surface area contributed by atoms with Crippen molar-refractivity contribution < 1.29 is 4.74 Å². The van der Waals surface area contributed by atoms with Crippen molar-refractivity contribution in [3.8, 4) is 0 Å². The van der Waals surface area contributed by atoms with Crippen LogP contribution in [-0.2, 0) is 11.3 Å². The van der Waals surface area contributed by atoms with E-state index in [0.717, 1.165) is 32.3 Å². The summed E-state index contributed by atoms with van der Waals surface area (Å²) in [5, 5.41) is 7.99. The first-order chi connectivity index (χ1) is 9.28. The molecule has 2 heterocycles. The molecule has 5 nitrogen and oxygen atoms in total. The predicted molar refractivity (Wildman–Crippen MR) is 74.0 cm³/mol. The van der Waals surface area contributed by atoms with E-state index < -0.39 is 0 Å². The van der Waals surface area contributed by atoms with Crippen LogP contribution in [0.5, 0.6) is 0 Å². The lowest BCUT2D eigenvalue weighted by molar-refractivity contribution is -0.0615. The van der Waals surface area contributed by atoms with Gasteiger partial charge in [-0.05, 0) is 26.8 Å². The topological polar surface area (TPSA) is 42.3 Å². The fourth-order valence-corrected chi connectivity index (χ4v) is 2.78. The Kier molecular flexibility index (Phi) is 3.86. The van der Waals surface area contributed by atoms with E-state index in [1.807, 2.05) is 10.9 Å². The molecule has 1 aliphatic carbocycles. The van der Waals surface area contributed by atoms with Crippen molar-refractivity contribution >= 4 is 0 Å². The summed E-state index contributed by atoms with van der Waals surface area (Å²) in [6, 6.07) is 1.05. The highest BCUT2D eigenvalue weighted by Gasteiger charge is 2.33. The van der Waals surface area contributed by atoms with Crippen LogP contribution in [0.15, 0.2) is 12.4 Å². The number of nitrogens with zero attached hydrogens (tertiary/aromatic N) is 3. The van der Waals surface area contributed by atoms with Gasteiger partial charge in [0.1, 0.15) is 0 Å². The number of nitrogens with one attached hydrogen (secondary N) is 1. The first-order valence-corrected chi connectivity index (χ1v) is 7.35. The Balaban J connectivity index is 1.71. The lowest BCUT2D eigenvalue weighted by Gasteiger charge is -2.38. The van der Waals surface area contributed by atoms with E-state index in [9.17, 15) is 0 Å². The van der Waals surface area contributed by atoms with Crippen molar-refractivity contribution in [2.75, 3.05) is 26.7 Å². The van der Waals surface area contributed by atoms with Gasteiger partial charge >= 0.3 is 0 Å². The third-order valence-electron chi connectivity index (χ3n) is 4.11. The zero-order chi connectivity index (χ0) is 13.2. The fraction of sp³-hybridized carbons (Fsp3) is 0.786. The van der Waals surface area contributed by atoms with Gasteiger partial charge < -0.3 is 10.1 Å². The number of rotatable bonds is 5. The quantitative estimate of drug-likeness (QED) is 0.862. The van der Waals surface area contributed by atoms with Crippen molar-refractivity contribution in [1.82, 2.24) is 20.0 Å². The van der Waals surface area contributed by atoms with Crippen molar-refractivity contribution in [2.24, 2.45) is 0 Å². The molecule has 1 aromatic rings. The standard InChI is InChI=1S/C14H24N4O/c1-3-18-10-11(8-16-18)14-13(9-15-12-4-5-12)19-7-6-17(14)2/h8,10,12-15H,3-7,9H2,1-2H3. The number of aryl methyl sites for hydroxylation is 1. The predicted octanol–water partition coefficient (Wildman–Crippen LogP) is 1.03. The van der Waals surface area contributed by atoms with Crippen LogP contribution in [0.25, 0.3) is 0 Å². The molecular formula is C14H24N4O. The van der Waals surface area contributed by atoms with Gasteiger partial charge in [-0.15, -0.1) is 0 Å². The minimum Gasteiger partial charge on any atom is -0.374 e. The second-order valence-electron chi connectivity index (χ2n) is 5.65. The van der Waals surface area contributed by atoms with Crippen molar-refractivity contribution in [1.29, 1.82) is 0 Å². The van der Waals surface area contributed by atoms with E-state index >= 15 is 0 Å². The molecular weight excluding hydrogens is 240 g/mol. The number of ether oxygens (including phenoxy) is 1. The summed E-state index contributed by atoms with van der Waals surface area (Å²) in [5.74, 6) is 0. The highest BCUT2D eigenvalue weighted by Crippen LogP contribution is 2.28. The zero-order valence-electron chi connectivity index (χ0n) is 11.9. The van der Waals surface area contributed by atoms with Crippen LogP contribution >= 0.6 is 0 Å². The Morgan fingerprint density at radius 2 is 2.32 bits per heavy atom. The van der Waals surface area contributed by atoms with Gasteiger partial charge in [0.05, 0.1) is 24.9 Å². The number of hydrogen-bond acceptors (Lipinski definition) is 4. The maximum Gasteiger partial charge on any atom is 0.0897 e. The summed E-state index contributed by atoms with van der Waals surface area (Å²) in [5.41, 5.74) is 1.27. The summed E-state index contributed by atoms with van der Waals surface area (Å²) in [6.07, 6.45) is 7.01. The lowest BCUT2D eigenvalue weighted by Crippen LogP contribution is -2.47. The molecule has 1 N–H and O–H groups in total. The molecule has 1 aliphatic heterocycles. The Labute approximate surface area is 114 Å². The average molecular weight is 264 g/mol. The van der Waals surface area contributed by atoms with Crippen molar-refractivity contribution in [3.63, 3.8) is 0 Å². The number of likely N-dealkylation sites (N-methyl/N-ethyl adjacent to an activating group) is 1. The SMILES string of the molecule is CCn1cc(C2C(CNC3CC3)OCCN2C)cn1. The molecule has 2 unspecified atom stereocenters. The Morgan fingerprint density at radius 3 is 3.00 bits per heavy atom. The van der Waals surface area contributed by atoms with E-state index in [1.54, 1.807) is 0 Å². The number of aromatic nitrogens is 2. The summed E-state index contributed by atoms with van der Waals surface area (Å²) in [6.45, 7) is 5.79. The van der Waals surface area contributed by atoms with Crippen LogP contribution in [0, 0.1) is 0 Å². The van der Waals surface area contributed by atoms with Crippen LogP contribution in [0.2, 0.25) is 0 Å². The molecule has 5 heteroatoms. The molecule has 2 fully saturated rings. The number of hydrogen-bond donors (Lipinski definition) is 1. The largest absolute Gasteiger partial charge is 0.374 e. The summed E-state index contributed by atoms with van der Waals surface area (Å²) in [4.78, 5) is 2.39. The molecule has 2 atom stereocenters. The Bertz CT molecular complexity index is 415. The number of morpholine rings is 1. The lowest BCUT2D eigenvalue weighted by atomic mass is 10.0.